The van der Waals surface area contributed by atoms with Gasteiger partial charge in [-0.1, -0.05) is 0 Å². The third-order valence-electron chi connectivity index (χ3n) is 1.93. The first kappa shape index (κ1) is 11.2. The highest BCUT2D eigenvalue weighted by Gasteiger charge is 2.25. The quantitative estimate of drug-likeness (QED) is 0.668. The van der Waals surface area contributed by atoms with Crippen molar-refractivity contribution in [2.24, 2.45) is 0 Å². The SMILES string of the molecule is CCN(N1CCNCC1)S(=O)(=O)Cl. The van der Waals surface area contributed by atoms with Crippen molar-refractivity contribution in [3.8, 4) is 0 Å². The van der Waals surface area contributed by atoms with Crippen LogP contribution in [0.15, 0.2) is 0 Å². The lowest BCUT2D eigenvalue weighted by Gasteiger charge is -2.34. The third-order valence-corrected chi connectivity index (χ3v) is 3.40. The molecule has 0 amide bonds. The van der Waals surface area contributed by atoms with Gasteiger partial charge in [-0.3, -0.25) is 0 Å². The zero-order chi connectivity index (χ0) is 9.90. The van der Waals surface area contributed by atoms with Gasteiger partial charge >= 0.3 is 9.24 Å². The Balaban J connectivity index is 2.65. The van der Waals surface area contributed by atoms with E-state index in [1.54, 1.807) is 11.9 Å². The molecule has 0 aromatic carbocycles. The molecule has 1 fully saturated rings. The van der Waals surface area contributed by atoms with Crippen LogP contribution >= 0.6 is 10.7 Å². The number of nitrogens with one attached hydrogen (secondary N) is 1. The van der Waals surface area contributed by atoms with Crippen molar-refractivity contribution in [2.45, 2.75) is 6.92 Å². The molecule has 1 N–H and O–H groups in total. The molecular formula is C6H14ClN3O2S. The summed E-state index contributed by atoms with van der Waals surface area (Å²) >= 11 is 0. The normalized spacial score (nSPS) is 20.8. The largest absolute Gasteiger partial charge is 0.314 e. The maximum atomic E-state index is 11.1. The zero-order valence-electron chi connectivity index (χ0n) is 7.53. The van der Waals surface area contributed by atoms with E-state index in [1.807, 2.05) is 0 Å². The molecular weight excluding hydrogens is 214 g/mol. The first-order chi connectivity index (χ1) is 6.05. The van der Waals surface area contributed by atoms with Gasteiger partial charge in [-0.05, 0) is 6.92 Å². The summed E-state index contributed by atoms with van der Waals surface area (Å²) in [4.78, 5) is 0. The van der Waals surface area contributed by atoms with Gasteiger partial charge in [0.25, 0.3) is 0 Å². The van der Waals surface area contributed by atoms with Crippen LogP contribution in [0.2, 0.25) is 0 Å². The Labute approximate surface area is 83.2 Å². The molecule has 0 atom stereocenters. The number of halogens is 1. The van der Waals surface area contributed by atoms with Crippen molar-refractivity contribution in [2.75, 3.05) is 32.7 Å². The van der Waals surface area contributed by atoms with E-state index in [0.717, 1.165) is 13.1 Å². The summed E-state index contributed by atoms with van der Waals surface area (Å²) in [6.07, 6.45) is 0. The molecule has 5 nitrogen and oxygen atoms in total. The van der Waals surface area contributed by atoms with Gasteiger partial charge in [0.2, 0.25) is 0 Å². The van der Waals surface area contributed by atoms with Gasteiger partial charge in [-0.15, -0.1) is 4.41 Å². The fourth-order valence-corrected chi connectivity index (χ4v) is 2.67. The van der Waals surface area contributed by atoms with E-state index >= 15 is 0 Å². The molecule has 1 aliphatic rings. The maximum Gasteiger partial charge on any atom is 0.312 e. The summed E-state index contributed by atoms with van der Waals surface area (Å²) in [6.45, 7) is 5.10. The van der Waals surface area contributed by atoms with Crippen molar-refractivity contribution < 1.29 is 8.42 Å². The molecule has 0 aromatic heterocycles. The predicted octanol–water partition coefficient (Wildman–Crippen LogP) is -0.388. The van der Waals surface area contributed by atoms with Gasteiger partial charge in [0.1, 0.15) is 0 Å². The Morgan fingerprint density at radius 2 is 2.00 bits per heavy atom. The van der Waals surface area contributed by atoms with Crippen LogP contribution in [0.5, 0.6) is 0 Å². The minimum absolute atomic E-state index is 0.381. The number of nitrogens with zero attached hydrogens (tertiary/aromatic N) is 2. The number of hydrogen-bond acceptors (Lipinski definition) is 4. The number of hydrogen-bond donors (Lipinski definition) is 1. The van der Waals surface area contributed by atoms with Gasteiger partial charge in [-0.2, -0.15) is 8.42 Å². The Morgan fingerprint density at radius 1 is 1.46 bits per heavy atom. The second-order valence-electron chi connectivity index (χ2n) is 2.78. The lowest BCUT2D eigenvalue weighted by molar-refractivity contribution is 0.0530. The van der Waals surface area contributed by atoms with Gasteiger partial charge in [0.15, 0.2) is 0 Å². The van der Waals surface area contributed by atoms with Crippen LogP contribution in [-0.4, -0.2) is 50.6 Å². The van der Waals surface area contributed by atoms with Crippen molar-refractivity contribution in [1.29, 1.82) is 0 Å². The van der Waals surface area contributed by atoms with E-state index in [-0.39, 0.29) is 0 Å². The van der Waals surface area contributed by atoms with Crippen LogP contribution in [0.3, 0.4) is 0 Å². The molecule has 0 bridgehead atoms. The van der Waals surface area contributed by atoms with Crippen LogP contribution in [0.25, 0.3) is 0 Å². The van der Waals surface area contributed by atoms with E-state index in [2.05, 4.69) is 5.32 Å². The van der Waals surface area contributed by atoms with Crippen molar-refractivity contribution in [3.05, 3.63) is 0 Å². The highest BCUT2D eigenvalue weighted by atomic mass is 35.7. The van der Waals surface area contributed by atoms with Gasteiger partial charge < -0.3 is 5.32 Å². The minimum Gasteiger partial charge on any atom is -0.314 e. The fraction of sp³-hybridized carbons (Fsp3) is 1.00. The summed E-state index contributed by atoms with van der Waals surface area (Å²) in [5.74, 6) is 0. The Kier molecular flexibility index (Phi) is 3.93. The van der Waals surface area contributed by atoms with Gasteiger partial charge in [0.05, 0.1) is 0 Å². The molecule has 1 aliphatic heterocycles. The molecule has 7 heteroatoms. The van der Waals surface area contributed by atoms with E-state index < -0.39 is 9.24 Å². The smallest absolute Gasteiger partial charge is 0.312 e. The van der Waals surface area contributed by atoms with E-state index in [9.17, 15) is 8.42 Å². The second-order valence-corrected chi connectivity index (χ2v) is 5.20. The Hall–Kier alpha value is 0.120. The molecule has 1 saturated heterocycles. The predicted molar refractivity (Wildman–Crippen MR) is 51.6 cm³/mol. The summed E-state index contributed by atoms with van der Waals surface area (Å²) in [5, 5.41) is 4.89. The lowest BCUT2D eigenvalue weighted by atomic mass is 10.4. The fourth-order valence-electron chi connectivity index (χ4n) is 1.37. The minimum atomic E-state index is -3.61. The first-order valence-electron chi connectivity index (χ1n) is 4.23. The Bertz CT molecular complexity index is 251. The van der Waals surface area contributed by atoms with Crippen LogP contribution in [0, 0.1) is 0 Å². The third kappa shape index (κ3) is 3.07. The van der Waals surface area contributed by atoms with Crippen molar-refractivity contribution >= 4 is 19.9 Å². The molecule has 0 unspecified atom stereocenters. The number of hydrazine groups is 1. The summed E-state index contributed by atoms with van der Waals surface area (Å²) in [6, 6.07) is 0. The molecule has 1 heterocycles. The average Bonchev–Trinajstić information content (AvgIpc) is 2.05. The molecule has 0 spiro atoms. The maximum absolute atomic E-state index is 11.1. The summed E-state index contributed by atoms with van der Waals surface area (Å²) in [7, 11) is 1.66. The average molecular weight is 228 g/mol. The van der Waals surface area contributed by atoms with Crippen LogP contribution in [0.1, 0.15) is 6.92 Å². The number of piperazine rings is 1. The first-order valence-corrected chi connectivity index (χ1v) is 6.50. The summed E-state index contributed by atoms with van der Waals surface area (Å²) < 4.78 is 23.4. The van der Waals surface area contributed by atoms with Crippen molar-refractivity contribution in [1.82, 2.24) is 14.7 Å². The van der Waals surface area contributed by atoms with E-state index in [1.165, 1.54) is 4.41 Å². The molecule has 0 aliphatic carbocycles. The molecule has 0 saturated carbocycles. The molecule has 0 radical (unpaired) electrons. The number of rotatable bonds is 3. The highest BCUT2D eigenvalue weighted by Crippen LogP contribution is 2.10. The monoisotopic (exact) mass is 227 g/mol. The molecule has 1 rings (SSSR count). The molecule has 0 aromatic rings. The lowest BCUT2D eigenvalue weighted by Crippen LogP contribution is -2.53. The van der Waals surface area contributed by atoms with Crippen LogP contribution < -0.4 is 5.32 Å². The second kappa shape index (κ2) is 4.56. The summed E-state index contributed by atoms with van der Waals surface area (Å²) in [5.41, 5.74) is 0. The molecule has 78 valence electrons. The topological polar surface area (TPSA) is 52.6 Å². The van der Waals surface area contributed by atoms with E-state index in [4.69, 9.17) is 10.7 Å². The van der Waals surface area contributed by atoms with E-state index in [0.29, 0.717) is 19.6 Å². The standard InChI is InChI=1S/C6H14ClN3O2S/c1-2-10(13(7,11)12)9-5-3-8-4-6-9/h8H,2-6H2,1H3. The van der Waals surface area contributed by atoms with Crippen molar-refractivity contribution in [3.63, 3.8) is 0 Å². The Morgan fingerprint density at radius 3 is 2.38 bits per heavy atom. The highest BCUT2D eigenvalue weighted by molar-refractivity contribution is 8.11. The van der Waals surface area contributed by atoms with Gasteiger partial charge in [0, 0.05) is 43.4 Å². The van der Waals surface area contributed by atoms with Crippen LogP contribution in [-0.2, 0) is 9.24 Å². The van der Waals surface area contributed by atoms with Gasteiger partial charge in [-0.25, -0.2) is 5.01 Å². The zero-order valence-corrected chi connectivity index (χ0v) is 9.11. The van der Waals surface area contributed by atoms with Crippen LogP contribution in [0.4, 0.5) is 0 Å². The molecule has 13 heavy (non-hydrogen) atoms.